The lowest BCUT2D eigenvalue weighted by Gasteiger charge is -2.09. The summed E-state index contributed by atoms with van der Waals surface area (Å²) in [5.41, 5.74) is 2.36. The third-order valence-corrected chi connectivity index (χ3v) is 3.14. The smallest absolute Gasteiger partial charge is 0.239 e. The number of likely N-dealkylation sites (N-methyl/N-ethyl adjacent to an activating group) is 1. The second-order valence-electron chi connectivity index (χ2n) is 5.05. The van der Waals surface area contributed by atoms with Crippen molar-refractivity contribution < 1.29 is 4.79 Å². The van der Waals surface area contributed by atoms with Crippen LogP contribution >= 0.6 is 0 Å². The fourth-order valence-corrected chi connectivity index (χ4v) is 2.05. The Kier molecular flexibility index (Phi) is 4.22. The SMILES string of the molecule is CNC(=O)Cn1ccc2cc(CNC(C)C)ccc21. The van der Waals surface area contributed by atoms with Gasteiger partial charge in [0.05, 0.1) is 0 Å². The molecule has 0 radical (unpaired) electrons. The standard InChI is InChI=1S/C15H21N3O/c1-11(2)17-9-12-4-5-14-13(8-12)6-7-18(14)10-15(19)16-3/h4-8,11,17H,9-10H2,1-3H3,(H,16,19). The van der Waals surface area contributed by atoms with Crippen LogP contribution in [0.15, 0.2) is 30.5 Å². The van der Waals surface area contributed by atoms with E-state index in [9.17, 15) is 4.79 Å². The Hall–Kier alpha value is -1.81. The Balaban J connectivity index is 2.19. The normalized spacial score (nSPS) is 11.2. The average Bonchev–Trinajstić information content (AvgIpc) is 2.78. The van der Waals surface area contributed by atoms with Crippen molar-refractivity contribution in [3.05, 3.63) is 36.0 Å². The Morgan fingerprint density at radius 1 is 1.32 bits per heavy atom. The highest BCUT2D eigenvalue weighted by Gasteiger charge is 2.05. The Labute approximate surface area is 113 Å². The first-order chi connectivity index (χ1) is 9.10. The second-order valence-corrected chi connectivity index (χ2v) is 5.05. The summed E-state index contributed by atoms with van der Waals surface area (Å²) in [4.78, 5) is 11.4. The number of aromatic nitrogens is 1. The van der Waals surface area contributed by atoms with E-state index in [2.05, 4.69) is 48.7 Å². The molecule has 0 fully saturated rings. The maximum Gasteiger partial charge on any atom is 0.239 e. The molecular formula is C15H21N3O. The zero-order chi connectivity index (χ0) is 13.8. The van der Waals surface area contributed by atoms with Gasteiger partial charge in [0.1, 0.15) is 6.54 Å². The molecule has 1 heterocycles. The Bertz CT molecular complexity index is 572. The molecule has 0 atom stereocenters. The largest absolute Gasteiger partial charge is 0.358 e. The lowest BCUT2D eigenvalue weighted by atomic mass is 10.1. The number of nitrogens with zero attached hydrogens (tertiary/aromatic N) is 1. The molecule has 0 aliphatic heterocycles. The van der Waals surface area contributed by atoms with Crippen molar-refractivity contribution in [2.24, 2.45) is 0 Å². The predicted octanol–water partition coefficient (Wildman–Crippen LogP) is 1.89. The predicted molar refractivity (Wildman–Crippen MR) is 78.0 cm³/mol. The van der Waals surface area contributed by atoms with Crippen molar-refractivity contribution in [1.29, 1.82) is 0 Å². The topological polar surface area (TPSA) is 46.1 Å². The molecular weight excluding hydrogens is 238 g/mol. The first kappa shape index (κ1) is 13.6. The molecule has 4 nitrogen and oxygen atoms in total. The summed E-state index contributed by atoms with van der Waals surface area (Å²) >= 11 is 0. The zero-order valence-corrected chi connectivity index (χ0v) is 11.7. The summed E-state index contributed by atoms with van der Waals surface area (Å²) < 4.78 is 1.97. The lowest BCUT2D eigenvalue weighted by Crippen LogP contribution is -2.23. The average molecular weight is 259 g/mol. The van der Waals surface area contributed by atoms with E-state index >= 15 is 0 Å². The molecule has 0 unspecified atom stereocenters. The van der Waals surface area contributed by atoms with Crippen LogP contribution in [0.3, 0.4) is 0 Å². The number of carbonyl (C=O) groups excluding carboxylic acids is 1. The molecule has 2 aromatic rings. The molecule has 1 amide bonds. The zero-order valence-electron chi connectivity index (χ0n) is 11.7. The fourth-order valence-electron chi connectivity index (χ4n) is 2.05. The summed E-state index contributed by atoms with van der Waals surface area (Å²) in [6, 6.07) is 8.89. The van der Waals surface area contributed by atoms with Crippen LogP contribution in [0.5, 0.6) is 0 Å². The van der Waals surface area contributed by atoms with Gasteiger partial charge in [0, 0.05) is 31.3 Å². The monoisotopic (exact) mass is 259 g/mol. The minimum Gasteiger partial charge on any atom is -0.358 e. The number of amides is 1. The fraction of sp³-hybridized carbons (Fsp3) is 0.400. The molecule has 0 aliphatic carbocycles. The highest BCUT2D eigenvalue weighted by Crippen LogP contribution is 2.17. The van der Waals surface area contributed by atoms with Gasteiger partial charge in [-0.1, -0.05) is 19.9 Å². The third kappa shape index (κ3) is 3.35. The van der Waals surface area contributed by atoms with E-state index in [4.69, 9.17) is 0 Å². The van der Waals surface area contributed by atoms with Crippen molar-refractivity contribution >= 4 is 16.8 Å². The lowest BCUT2D eigenvalue weighted by molar-refractivity contribution is -0.121. The molecule has 1 aromatic heterocycles. The number of rotatable bonds is 5. The summed E-state index contributed by atoms with van der Waals surface area (Å²) in [6.07, 6.45) is 1.96. The van der Waals surface area contributed by atoms with Gasteiger partial charge in [-0.2, -0.15) is 0 Å². The maximum atomic E-state index is 11.4. The molecule has 1 aromatic carbocycles. The van der Waals surface area contributed by atoms with E-state index in [1.807, 2.05) is 10.8 Å². The van der Waals surface area contributed by atoms with Crippen LogP contribution in [0.2, 0.25) is 0 Å². The van der Waals surface area contributed by atoms with E-state index in [0.29, 0.717) is 12.6 Å². The van der Waals surface area contributed by atoms with Crippen LogP contribution in [0.4, 0.5) is 0 Å². The molecule has 0 spiro atoms. The van der Waals surface area contributed by atoms with E-state index in [1.165, 1.54) is 10.9 Å². The van der Waals surface area contributed by atoms with Gasteiger partial charge < -0.3 is 15.2 Å². The quantitative estimate of drug-likeness (QED) is 0.861. The van der Waals surface area contributed by atoms with Gasteiger partial charge >= 0.3 is 0 Å². The molecule has 0 aliphatic rings. The van der Waals surface area contributed by atoms with Gasteiger partial charge in [-0.05, 0) is 29.1 Å². The minimum atomic E-state index is 0.0167. The molecule has 0 saturated heterocycles. The van der Waals surface area contributed by atoms with Gasteiger partial charge in [-0.25, -0.2) is 0 Å². The number of benzene rings is 1. The number of carbonyl (C=O) groups is 1. The Morgan fingerprint density at radius 3 is 2.79 bits per heavy atom. The van der Waals surface area contributed by atoms with Crippen LogP contribution in [-0.4, -0.2) is 23.6 Å². The van der Waals surface area contributed by atoms with Gasteiger partial charge in [-0.15, -0.1) is 0 Å². The Morgan fingerprint density at radius 2 is 2.11 bits per heavy atom. The van der Waals surface area contributed by atoms with Crippen molar-refractivity contribution in [3.8, 4) is 0 Å². The van der Waals surface area contributed by atoms with Crippen molar-refractivity contribution in [2.45, 2.75) is 33.0 Å². The van der Waals surface area contributed by atoms with Gasteiger partial charge in [0.2, 0.25) is 5.91 Å². The minimum absolute atomic E-state index is 0.0167. The van der Waals surface area contributed by atoms with E-state index in [-0.39, 0.29) is 5.91 Å². The number of hydrogen-bond acceptors (Lipinski definition) is 2. The summed E-state index contributed by atoms with van der Waals surface area (Å²) in [5, 5.41) is 7.22. The van der Waals surface area contributed by atoms with Gasteiger partial charge in [0.15, 0.2) is 0 Å². The first-order valence-corrected chi connectivity index (χ1v) is 6.62. The number of hydrogen-bond donors (Lipinski definition) is 2. The molecule has 2 N–H and O–H groups in total. The maximum absolute atomic E-state index is 11.4. The molecule has 19 heavy (non-hydrogen) atoms. The van der Waals surface area contributed by atoms with E-state index in [1.54, 1.807) is 7.05 Å². The van der Waals surface area contributed by atoms with Gasteiger partial charge in [0.25, 0.3) is 0 Å². The first-order valence-electron chi connectivity index (χ1n) is 6.62. The van der Waals surface area contributed by atoms with Crippen LogP contribution < -0.4 is 10.6 Å². The molecule has 0 bridgehead atoms. The van der Waals surface area contributed by atoms with Crippen molar-refractivity contribution in [1.82, 2.24) is 15.2 Å². The number of nitrogens with one attached hydrogen (secondary N) is 2. The van der Waals surface area contributed by atoms with Crippen LogP contribution in [-0.2, 0) is 17.9 Å². The van der Waals surface area contributed by atoms with Crippen molar-refractivity contribution in [2.75, 3.05) is 7.05 Å². The molecule has 2 rings (SSSR count). The van der Waals surface area contributed by atoms with Crippen LogP contribution in [0.25, 0.3) is 10.9 Å². The summed E-state index contributed by atoms with van der Waals surface area (Å²) in [5.74, 6) is 0.0167. The van der Waals surface area contributed by atoms with Crippen molar-refractivity contribution in [3.63, 3.8) is 0 Å². The molecule has 102 valence electrons. The van der Waals surface area contributed by atoms with Gasteiger partial charge in [-0.3, -0.25) is 4.79 Å². The summed E-state index contributed by atoms with van der Waals surface area (Å²) in [6.45, 7) is 5.51. The highest BCUT2D eigenvalue weighted by molar-refractivity contribution is 5.83. The van der Waals surface area contributed by atoms with E-state index in [0.717, 1.165) is 12.1 Å². The van der Waals surface area contributed by atoms with E-state index < -0.39 is 0 Å². The summed E-state index contributed by atoms with van der Waals surface area (Å²) in [7, 11) is 1.66. The molecule has 0 saturated carbocycles. The molecule has 4 heteroatoms. The highest BCUT2D eigenvalue weighted by atomic mass is 16.1. The second kappa shape index (κ2) is 5.89. The van der Waals surface area contributed by atoms with Crippen LogP contribution in [0.1, 0.15) is 19.4 Å². The number of fused-ring (bicyclic) bond motifs is 1. The van der Waals surface area contributed by atoms with Crippen LogP contribution in [0, 0.1) is 0 Å². The third-order valence-electron chi connectivity index (χ3n) is 3.14.